The van der Waals surface area contributed by atoms with E-state index in [9.17, 15) is 0 Å². The van der Waals surface area contributed by atoms with E-state index < -0.39 is 0 Å². The van der Waals surface area contributed by atoms with Gasteiger partial charge in [0.15, 0.2) is 0 Å². The van der Waals surface area contributed by atoms with E-state index in [1.807, 2.05) is 26.0 Å². The van der Waals surface area contributed by atoms with Gasteiger partial charge in [-0.2, -0.15) is 0 Å². The fourth-order valence-electron chi connectivity index (χ4n) is 3.60. The SMILES string of the molecule is Cc1nc2c(c(N3CCOC(c4ccc(C)o4)C3)n1)CCCC2. The number of morpholine rings is 1. The molecule has 1 aliphatic heterocycles. The molecule has 5 nitrogen and oxygen atoms in total. The van der Waals surface area contributed by atoms with Crippen LogP contribution in [0.25, 0.3) is 0 Å². The second-order valence-corrected chi connectivity index (χ2v) is 6.48. The fraction of sp³-hybridized carbons (Fsp3) is 0.556. The van der Waals surface area contributed by atoms with Crippen LogP contribution in [0.5, 0.6) is 0 Å². The maximum Gasteiger partial charge on any atom is 0.135 e. The molecule has 0 aromatic carbocycles. The molecule has 1 atom stereocenters. The largest absolute Gasteiger partial charge is 0.464 e. The summed E-state index contributed by atoms with van der Waals surface area (Å²) in [5.74, 6) is 3.82. The first kappa shape index (κ1) is 14.7. The molecule has 0 bridgehead atoms. The summed E-state index contributed by atoms with van der Waals surface area (Å²) >= 11 is 0. The van der Waals surface area contributed by atoms with Crippen molar-refractivity contribution in [3.8, 4) is 0 Å². The van der Waals surface area contributed by atoms with Crippen molar-refractivity contribution < 1.29 is 9.15 Å². The van der Waals surface area contributed by atoms with Crippen molar-refractivity contribution in [2.75, 3.05) is 24.6 Å². The number of hydrogen-bond donors (Lipinski definition) is 0. The minimum Gasteiger partial charge on any atom is -0.464 e. The van der Waals surface area contributed by atoms with Crippen LogP contribution in [-0.4, -0.2) is 29.7 Å². The number of aryl methyl sites for hydroxylation is 3. The van der Waals surface area contributed by atoms with E-state index in [1.165, 1.54) is 24.1 Å². The van der Waals surface area contributed by atoms with E-state index >= 15 is 0 Å². The molecule has 3 heterocycles. The monoisotopic (exact) mass is 313 g/mol. The van der Waals surface area contributed by atoms with Crippen molar-refractivity contribution in [3.63, 3.8) is 0 Å². The zero-order chi connectivity index (χ0) is 15.8. The average Bonchev–Trinajstić information content (AvgIpc) is 3.01. The molecule has 0 saturated carbocycles. The van der Waals surface area contributed by atoms with Crippen LogP contribution in [-0.2, 0) is 17.6 Å². The molecular formula is C18H23N3O2. The third-order valence-corrected chi connectivity index (χ3v) is 4.72. The van der Waals surface area contributed by atoms with Gasteiger partial charge in [-0.05, 0) is 51.7 Å². The van der Waals surface area contributed by atoms with Crippen molar-refractivity contribution in [2.45, 2.75) is 45.6 Å². The molecule has 122 valence electrons. The molecule has 5 heteroatoms. The van der Waals surface area contributed by atoms with E-state index in [4.69, 9.17) is 14.1 Å². The van der Waals surface area contributed by atoms with Gasteiger partial charge in [0.1, 0.15) is 29.3 Å². The Bertz CT molecular complexity index is 710. The molecule has 2 aliphatic rings. The second-order valence-electron chi connectivity index (χ2n) is 6.48. The lowest BCUT2D eigenvalue weighted by atomic mass is 9.96. The number of fused-ring (bicyclic) bond motifs is 1. The Hall–Kier alpha value is -1.88. The van der Waals surface area contributed by atoms with Gasteiger partial charge in [-0.25, -0.2) is 9.97 Å². The molecule has 1 saturated heterocycles. The van der Waals surface area contributed by atoms with E-state index in [0.717, 1.165) is 49.1 Å². The first-order valence-electron chi connectivity index (χ1n) is 8.50. The molecular weight excluding hydrogens is 290 g/mol. The number of furan rings is 1. The third kappa shape index (κ3) is 2.85. The van der Waals surface area contributed by atoms with Crippen LogP contribution in [0, 0.1) is 13.8 Å². The lowest BCUT2D eigenvalue weighted by Gasteiger charge is -2.35. The number of rotatable bonds is 2. The number of anilines is 1. The molecule has 0 N–H and O–H groups in total. The van der Waals surface area contributed by atoms with Crippen LogP contribution in [0.4, 0.5) is 5.82 Å². The van der Waals surface area contributed by atoms with Gasteiger partial charge in [-0.1, -0.05) is 0 Å². The van der Waals surface area contributed by atoms with Crippen molar-refractivity contribution in [1.82, 2.24) is 9.97 Å². The van der Waals surface area contributed by atoms with E-state index in [1.54, 1.807) is 0 Å². The molecule has 1 fully saturated rings. The highest BCUT2D eigenvalue weighted by Gasteiger charge is 2.28. The molecule has 4 rings (SSSR count). The van der Waals surface area contributed by atoms with E-state index in [-0.39, 0.29) is 6.10 Å². The number of aromatic nitrogens is 2. The summed E-state index contributed by atoms with van der Waals surface area (Å²) in [4.78, 5) is 11.8. The zero-order valence-corrected chi connectivity index (χ0v) is 13.8. The van der Waals surface area contributed by atoms with Crippen molar-refractivity contribution in [1.29, 1.82) is 0 Å². The zero-order valence-electron chi connectivity index (χ0n) is 13.8. The Morgan fingerprint density at radius 3 is 2.83 bits per heavy atom. The van der Waals surface area contributed by atoms with Crippen molar-refractivity contribution >= 4 is 5.82 Å². The number of ether oxygens (including phenoxy) is 1. The standard InChI is InChI=1S/C18H23N3O2/c1-12-7-8-16(23-12)17-11-21(9-10-22-17)18-14-5-3-4-6-15(14)19-13(2)20-18/h7-8,17H,3-6,9-11H2,1-2H3. The van der Waals surface area contributed by atoms with Gasteiger partial charge in [-0.15, -0.1) is 0 Å². The second kappa shape index (κ2) is 5.96. The van der Waals surface area contributed by atoms with Gasteiger partial charge in [-0.3, -0.25) is 0 Å². The van der Waals surface area contributed by atoms with Crippen LogP contribution < -0.4 is 4.90 Å². The minimum atomic E-state index is -0.0213. The first-order valence-corrected chi connectivity index (χ1v) is 8.50. The predicted molar refractivity (Wildman–Crippen MR) is 87.8 cm³/mol. The number of hydrogen-bond acceptors (Lipinski definition) is 5. The van der Waals surface area contributed by atoms with Crippen molar-refractivity contribution in [2.24, 2.45) is 0 Å². The highest BCUT2D eigenvalue weighted by atomic mass is 16.5. The number of nitrogens with zero attached hydrogens (tertiary/aromatic N) is 3. The Labute approximate surface area is 136 Å². The molecule has 1 aliphatic carbocycles. The molecule has 0 radical (unpaired) electrons. The van der Waals surface area contributed by atoms with Crippen LogP contribution >= 0.6 is 0 Å². The van der Waals surface area contributed by atoms with E-state index in [2.05, 4.69) is 9.88 Å². The van der Waals surface area contributed by atoms with Gasteiger partial charge >= 0.3 is 0 Å². The maximum atomic E-state index is 5.92. The van der Waals surface area contributed by atoms with Crippen LogP contribution in [0.15, 0.2) is 16.5 Å². The van der Waals surface area contributed by atoms with Crippen LogP contribution in [0.1, 0.15) is 47.5 Å². The molecule has 2 aromatic rings. The van der Waals surface area contributed by atoms with E-state index in [0.29, 0.717) is 6.61 Å². The highest BCUT2D eigenvalue weighted by Crippen LogP contribution is 2.32. The Morgan fingerprint density at radius 2 is 2.00 bits per heavy atom. The minimum absolute atomic E-state index is 0.0213. The summed E-state index contributed by atoms with van der Waals surface area (Å²) in [6, 6.07) is 4.01. The molecule has 2 aromatic heterocycles. The summed E-state index contributed by atoms with van der Waals surface area (Å²) < 4.78 is 11.7. The predicted octanol–water partition coefficient (Wildman–Crippen LogP) is 3.14. The quantitative estimate of drug-likeness (QED) is 0.852. The lowest BCUT2D eigenvalue weighted by molar-refractivity contribution is 0.0249. The highest BCUT2D eigenvalue weighted by molar-refractivity contribution is 5.51. The summed E-state index contributed by atoms with van der Waals surface area (Å²) in [7, 11) is 0. The molecule has 1 unspecified atom stereocenters. The van der Waals surface area contributed by atoms with Gasteiger partial charge < -0.3 is 14.1 Å². The van der Waals surface area contributed by atoms with Gasteiger partial charge in [0.05, 0.1) is 13.2 Å². The topological polar surface area (TPSA) is 51.4 Å². The maximum absolute atomic E-state index is 5.92. The molecule has 23 heavy (non-hydrogen) atoms. The summed E-state index contributed by atoms with van der Waals surface area (Å²) in [5.41, 5.74) is 2.59. The smallest absolute Gasteiger partial charge is 0.135 e. The van der Waals surface area contributed by atoms with Gasteiger partial charge in [0, 0.05) is 17.8 Å². The first-order chi connectivity index (χ1) is 11.2. The van der Waals surface area contributed by atoms with Gasteiger partial charge in [0.25, 0.3) is 0 Å². The van der Waals surface area contributed by atoms with Crippen LogP contribution in [0.3, 0.4) is 0 Å². The average molecular weight is 313 g/mol. The summed E-state index contributed by atoms with van der Waals surface area (Å²) in [6.07, 6.45) is 4.62. The van der Waals surface area contributed by atoms with Crippen LogP contribution in [0.2, 0.25) is 0 Å². The Kier molecular flexibility index (Phi) is 3.81. The Balaban J connectivity index is 1.64. The lowest BCUT2D eigenvalue weighted by Crippen LogP contribution is -2.39. The third-order valence-electron chi connectivity index (χ3n) is 4.72. The summed E-state index contributed by atoms with van der Waals surface area (Å²) in [6.45, 7) is 6.32. The Morgan fingerprint density at radius 1 is 1.13 bits per heavy atom. The molecule has 0 amide bonds. The van der Waals surface area contributed by atoms with Gasteiger partial charge in [0.2, 0.25) is 0 Å². The van der Waals surface area contributed by atoms with Crippen molar-refractivity contribution in [3.05, 3.63) is 40.7 Å². The summed E-state index contributed by atoms with van der Waals surface area (Å²) in [5, 5.41) is 0. The normalized spacial score (nSPS) is 21.3. The fourth-order valence-corrected chi connectivity index (χ4v) is 3.60. The molecule has 0 spiro atoms.